The van der Waals surface area contributed by atoms with Gasteiger partial charge in [-0.05, 0) is 97.5 Å². The predicted molar refractivity (Wildman–Crippen MR) is 245 cm³/mol. The first-order valence-corrected chi connectivity index (χ1v) is 22.1. The van der Waals surface area contributed by atoms with Crippen molar-refractivity contribution in [1.29, 1.82) is 0 Å². The third-order valence-corrected chi connectivity index (χ3v) is 12.4. The van der Waals surface area contributed by atoms with Crippen LogP contribution >= 0.6 is 23.2 Å². The van der Waals surface area contributed by atoms with Crippen LogP contribution in [0.4, 0.5) is 16.3 Å². The summed E-state index contributed by atoms with van der Waals surface area (Å²) in [5, 5.41) is 19.9. The first kappa shape index (κ1) is 42.1. The summed E-state index contributed by atoms with van der Waals surface area (Å²) in [7, 11) is 3.19. The van der Waals surface area contributed by atoms with Crippen molar-refractivity contribution in [3.8, 4) is 11.5 Å². The number of ether oxygens (including phenoxy) is 2. The first-order valence-electron chi connectivity index (χ1n) is 21.3. The van der Waals surface area contributed by atoms with E-state index in [9.17, 15) is 14.0 Å². The molecule has 2 aliphatic rings. The fraction of sp³-hybridized carbons (Fsp3) is 0.348. The summed E-state index contributed by atoms with van der Waals surface area (Å²) in [5.74, 6) is 3.41. The lowest BCUT2D eigenvalue weighted by Crippen LogP contribution is -2.28. The summed E-state index contributed by atoms with van der Waals surface area (Å²) in [6.07, 6.45) is 9.29. The molecule has 2 fully saturated rings. The average Bonchev–Trinajstić information content (AvgIpc) is 3.70. The molecule has 0 saturated carbocycles. The van der Waals surface area contributed by atoms with Crippen molar-refractivity contribution in [3.63, 3.8) is 0 Å². The van der Waals surface area contributed by atoms with Gasteiger partial charge in [-0.25, -0.2) is 13.2 Å². The predicted octanol–water partition coefficient (Wildman–Crippen LogP) is 8.41. The normalized spacial score (nSPS) is 14.8. The van der Waals surface area contributed by atoms with E-state index in [1.165, 1.54) is 37.8 Å². The van der Waals surface area contributed by atoms with E-state index in [2.05, 4.69) is 30.2 Å². The number of aromatic nitrogens is 8. The molecule has 0 unspecified atom stereocenters. The Bertz CT molecular complexity index is 3060. The van der Waals surface area contributed by atoms with Crippen molar-refractivity contribution >= 4 is 68.5 Å². The number of fused-ring (bicyclic) bond motifs is 6. The van der Waals surface area contributed by atoms with E-state index in [0.29, 0.717) is 50.4 Å². The average molecular weight is 894 g/mol. The quantitative estimate of drug-likeness (QED) is 0.147. The molecule has 0 atom stereocenters. The third-order valence-electron chi connectivity index (χ3n) is 11.9. The number of hydrogen-bond donors (Lipinski definition) is 0. The summed E-state index contributed by atoms with van der Waals surface area (Å²) in [6.45, 7) is 4.24. The van der Waals surface area contributed by atoms with Crippen LogP contribution in [-0.4, -0.2) is 78.7 Å². The highest BCUT2D eigenvalue weighted by Gasteiger charge is 2.24. The summed E-state index contributed by atoms with van der Waals surface area (Å²) in [6, 6.07) is 22.4. The largest absolute Gasteiger partial charge is 0.493 e. The molecule has 4 aromatic heterocycles. The molecule has 0 aliphatic carbocycles. The van der Waals surface area contributed by atoms with Gasteiger partial charge in [0.2, 0.25) is 23.5 Å². The van der Waals surface area contributed by atoms with Gasteiger partial charge >= 0.3 is 0 Å². The molecule has 6 heterocycles. The number of hydrogen-bond acceptors (Lipinski definition) is 10. The van der Waals surface area contributed by atoms with Crippen molar-refractivity contribution in [1.82, 2.24) is 38.3 Å². The number of nitrogens with zero attached hydrogens (tertiary/aromatic N) is 10. The zero-order chi connectivity index (χ0) is 43.6. The molecule has 10 rings (SSSR count). The lowest BCUT2D eigenvalue weighted by atomic mass is 10.2. The second-order valence-electron chi connectivity index (χ2n) is 16.0. The van der Waals surface area contributed by atoms with E-state index in [1.54, 1.807) is 59.8 Å². The molecule has 63 heavy (non-hydrogen) atoms. The molecule has 326 valence electrons. The van der Waals surface area contributed by atoms with Crippen LogP contribution in [-0.2, 0) is 13.1 Å². The monoisotopic (exact) mass is 892 g/mol. The topological polar surface area (TPSA) is 129 Å². The molecule has 8 aromatic rings. The molecule has 0 spiro atoms. The van der Waals surface area contributed by atoms with E-state index in [-0.39, 0.29) is 23.5 Å². The SMILES string of the molecule is COc1ccc(Cn2c(=O)c3cc(Cl)ccc3n3c(N4CCCCCC4)nnc23)cc1OC.O=c1c2cc(Cl)ccc2n2c(N3CCCCCC3)nnc2n1Cc1ccc(F)cc1. The van der Waals surface area contributed by atoms with E-state index in [4.69, 9.17) is 32.7 Å². The van der Waals surface area contributed by atoms with Crippen molar-refractivity contribution < 1.29 is 13.9 Å². The molecule has 14 nitrogen and oxygen atoms in total. The van der Waals surface area contributed by atoms with E-state index in [1.807, 2.05) is 39.1 Å². The number of rotatable bonds is 8. The van der Waals surface area contributed by atoms with Gasteiger partial charge < -0.3 is 19.3 Å². The fourth-order valence-electron chi connectivity index (χ4n) is 8.71. The first-order chi connectivity index (χ1) is 30.7. The van der Waals surface area contributed by atoms with Gasteiger partial charge in [-0.2, -0.15) is 0 Å². The van der Waals surface area contributed by atoms with Gasteiger partial charge in [0.25, 0.3) is 11.1 Å². The van der Waals surface area contributed by atoms with Crippen molar-refractivity contribution in [2.45, 2.75) is 64.5 Å². The zero-order valence-electron chi connectivity index (χ0n) is 35.1. The van der Waals surface area contributed by atoms with Crippen LogP contribution in [0.5, 0.6) is 11.5 Å². The maximum atomic E-state index is 13.6. The van der Waals surface area contributed by atoms with Crippen LogP contribution in [0, 0.1) is 5.82 Å². The molecular weight excluding hydrogens is 846 g/mol. The lowest BCUT2D eigenvalue weighted by Gasteiger charge is -2.21. The molecule has 2 aliphatic heterocycles. The maximum absolute atomic E-state index is 13.6. The van der Waals surface area contributed by atoms with Gasteiger partial charge in [-0.1, -0.05) is 67.1 Å². The Labute approximate surface area is 372 Å². The van der Waals surface area contributed by atoms with E-state index >= 15 is 0 Å². The van der Waals surface area contributed by atoms with Gasteiger partial charge in [0.05, 0.1) is 49.1 Å². The Hall–Kier alpha value is -6.19. The molecule has 0 N–H and O–H groups in total. The molecule has 0 amide bonds. The van der Waals surface area contributed by atoms with Gasteiger partial charge in [0.15, 0.2) is 11.5 Å². The molecule has 2 saturated heterocycles. The van der Waals surface area contributed by atoms with Crippen LogP contribution < -0.4 is 30.4 Å². The Morgan fingerprint density at radius 3 is 1.44 bits per heavy atom. The van der Waals surface area contributed by atoms with Crippen LogP contribution in [0.3, 0.4) is 0 Å². The summed E-state index contributed by atoms with van der Waals surface area (Å²) < 4.78 is 31.3. The van der Waals surface area contributed by atoms with Crippen molar-refractivity contribution in [2.75, 3.05) is 50.2 Å². The second kappa shape index (κ2) is 18.3. The van der Waals surface area contributed by atoms with Crippen LogP contribution in [0.25, 0.3) is 33.4 Å². The Morgan fingerprint density at radius 2 is 0.984 bits per heavy atom. The van der Waals surface area contributed by atoms with Gasteiger partial charge in [0.1, 0.15) is 5.82 Å². The lowest BCUT2D eigenvalue weighted by molar-refractivity contribution is 0.354. The minimum absolute atomic E-state index is 0.162. The van der Waals surface area contributed by atoms with Crippen LogP contribution in [0.2, 0.25) is 10.0 Å². The zero-order valence-corrected chi connectivity index (χ0v) is 36.7. The Morgan fingerprint density at radius 1 is 0.540 bits per heavy atom. The minimum Gasteiger partial charge on any atom is -0.493 e. The minimum atomic E-state index is -0.313. The summed E-state index contributed by atoms with van der Waals surface area (Å²) >= 11 is 12.5. The third kappa shape index (κ3) is 8.39. The highest BCUT2D eigenvalue weighted by atomic mass is 35.5. The highest BCUT2D eigenvalue weighted by molar-refractivity contribution is 6.31. The maximum Gasteiger partial charge on any atom is 0.263 e. The van der Waals surface area contributed by atoms with E-state index < -0.39 is 0 Å². The van der Waals surface area contributed by atoms with E-state index in [0.717, 1.165) is 85.9 Å². The van der Waals surface area contributed by atoms with Crippen LogP contribution in [0.1, 0.15) is 62.5 Å². The van der Waals surface area contributed by atoms with Crippen LogP contribution in [0.15, 0.2) is 88.5 Å². The smallest absolute Gasteiger partial charge is 0.263 e. The molecular formula is C46H47Cl2FN10O4. The molecule has 17 heteroatoms. The Balaban J connectivity index is 0.000000161. The number of benzene rings is 4. The second-order valence-corrected chi connectivity index (χ2v) is 16.9. The number of methoxy groups -OCH3 is 2. The number of halogens is 3. The van der Waals surface area contributed by atoms with Gasteiger partial charge in [0, 0.05) is 36.2 Å². The Kier molecular flexibility index (Phi) is 12.2. The van der Waals surface area contributed by atoms with Gasteiger partial charge in [-0.3, -0.25) is 18.7 Å². The highest BCUT2D eigenvalue weighted by Crippen LogP contribution is 2.30. The summed E-state index contributed by atoms with van der Waals surface area (Å²) in [5.41, 5.74) is 2.83. The standard InChI is InChI=1S/C24H26ClN5O3.C22H21ClFN5O/c1-32-20-10-7-16(13-21(20)33-2)15-29-22(31)18-14-17(25)8-9-19(18)30-23(26-27-24(29)30)28-11-5-3-4-6-12-28;23-16-7-10-19-18(13-16)20(30)28(14-15-5-8-17(24)9-6-15)22-26-25-21(29(19)22)27-11-3-1-2-4-12-27/h7-10,13-14H,3-6,11-12,15H2,1-2H3;5-10,13H,1-4,11-12,14H2. The van der Waals surface area contributed by atoms with Gasteiger partial charge in [-0.15, -0.1) is 20.4 Å². The van der Waals surface area contributed by atoms with Crippen molar-refractivity contribution in [2.24, 2.45) is 0 Å². The fourth-order valence-corrected chi connectivity index (χ4v) is 9.05. The number of anilines is 2. The summed E-state index contributed by atoms with van der Waals surface area (Å²) in [4.78, 5) is 31.4. The van der Waals surface area contributed by atoms with Crippen molar-refractivity contribution in [3.05, 3.63) is 127 Å². The molecule has 4 aromatic carbocycles. The molecule has 0 radical (unpaired) electrons. The molecule has 0 bridgehead atoms.